The lowest BCUT2D eigenvalue weighted by molar-refractivity contribution is -0.385. The van der Waals surface area contributed by atoms with E-state index in [4.69, 9.17) is 4.74 Å². The topological polar surface area (TPSA) is 90.2 Å². The van der Waals surface area contributed by atoms with Gasteiger partial charge in [-0.15, -0.1) is 0 Å². The number of nitrogens with one attached hydrogen (secondary N) is 1. The maximum atomic E-state index is 11.2. The van der Waals surface area contributed by atoms with Gasteiger partial charge in [-0.25, -0.2) is 4.98 Å². The molecule has 0 radical (unpaired) electrons. The van der Waals surface area contributed by atoms with E-state index >= 15 is 0 Å². The number of nitro groups is 1. The maximum Gasteiger partial charge on any atom is 0.372 e. The minimum Gasteiger partial charge on any atom is -0.472 e. The number of rotatable bonds is 6. The fourth-order valence-corrected chi connectivity index (χ4v) is 2.35. The molecule has 0 aromatic carbocycles. The SMILES string of the molecule is CCNc1ncnc(OCC2CC=CCC2C)c1[N+](=O)[O-]. The molecule has 7 heteroatoms. The molecule has 0 bridgehead atoms. The molecule has 114 valence electrons. The summed E-state index contributed by atoms with van der Waals surface area (Å²) in [5, 5.41) is 14.1. The van der Waals surface area contributed by atoms with Crippen molar-refractivity contribution in [2.45, 2.75) is 26.7 Å². The molecule has 1 aromatic heterocycles. The van der Waals surface area contributed by atoms with E-state index in [1.165, 1.54) is 6.33 Å². The van der Waals surface area contributed by atoms with Crippen LogP contribution in [0.2, 0.25) is 0 Å². The van der Waals surface area contributed by atoms with Gasteiger partial charge in [-0.2, -0.15) is 4.98 Å². The van der Waals surface area contributed by atoms with Crippen LogP contribution in [0.1, 0.15) is 26.7 Å². The van der Waals surface area contributed by atoms with Crippen LogP contribution in [0.25, 0.3) is 0 Å². The van der Waals surface area contributed by atoms with Gasteiger partial charge in [-0.05, 0) is 31.6 Å². The molecule has 2 atom stereocenters. The molecule has 1 N–H and O–H groups in total. The van der Waals surface area contributed by atoms with E-state index in [0.29, 0.717) is 25.0 Å². The van der Waals surface area contributed by atoms with Gasteiger partial charge in [0.05, 0.1) is 11.5 Å². The van der Waals surface area contributed by atoms with Gasteiger partial charge in [0.25, 0.3) is 5.88 Å². The van der Waals surface area contributed by atoms with Gasteiger partial charge in [0, 0.05) is 6.54 Å². The van der Waals surface area contributed by atoms with E-state index in [1.807, 2.05) is 6.92 Å². The molecular formula is C14H20N4O3. The summed E-state index contributed by atoms with van der Waals surface area (Å²) in [6.45, 7) is 4.98. The van der Waals surface area contributed by atoms with Crippen LogP contribution in [-0.2, 0) is 0 Å². The first-order valence-electron chi connectivity index (χ1n) is 7.14. The standard InChI is InChI=1S/C14H20N4O3/c1-3-15-13-12(18(19)20)14(17-9-16-13)21-8-11-7-5-4-6-10(11)2/h4-5,9-11H,3,6-8H2,1-2H3,(H,15,16,17). The zero-order valence-corrected chi connectivity index (χ0v) is 12.3. The van der Waals surface area contributed by atoms with Gasteiger partial charge in [0.2, 0.25) is 5.82 Å². The van der Waals surface area contributed by atoms with Crippen LogP contribution in [0.3, 0.4) is 0 Å². The highest BCUT2D eigenvalue weighted by Crippen LogP contribution is 2.32. The highest BCUT2D eigenvalue weighted by molar-refractivity contribution is 5.60. The molecule has 7 nitrogen and oxygen atoms in total. The van der Waals surface area contributed by atoms with Crippen molar-refractivity contribution in [3.63, 3.8) is 0 Å². The molecule has 0 saturated heterocycles. The third-order valence-electron chi connectivity index (χ3n) is 3.67. The Balaban J connectivity index is 2.13. The predicted octanol–water partition coefficient (Wildman–Crippen LogP) is 2.80. The summed E-state index contributed by atoms with van der Waals surface area (Å²) in [5.74, 6) is 1.09. The molecule has 0 fully saturated rings. The molecule has 0 amide bonds. The Hall–Kier alpha value is -2.18. The lowest BCUT2D eigenvalue weighted by atomic mass is 9.85. The van der Waals surface area contributed by atoms with Crippen molar-refractivity contribution in [2.75, 3.05) is 18.5 Å². The Bertz CT molecular complexity index is 533. The lowest BCUT2D eigenvalue weighted by Crippen LogP contribution is -2.21. The van der Waals surface area contributed by atoms with Gasteiger partial charge in [-0.3, -0.25) is 10.1 Å². The first-order chi connectivity index (χ1) is 10.1. The van der Waals surface area contributed by atoms with Crippen molar-refractivity contribution in [1.29, 1.82) is 0 Å². The first kappa shape index (κ1) is 15.2. The van der Waals surface area contributed by atoms with Crippen molar-refractivity contribution in [3.8, 4) is 5.88 Å². The largest absolute Gasteiger partial charge is 0.472 e. The smallest absolute Gasteiger partial charge is 0.372 e. The van der Waals surface area contributed by atoms with Gasteiger partial charge in [-0.1, -0.05) is 19.1 Å². The summed E-state index contributed by atoms with van der Waals surface area (Å²) >= 11 is 0. The fourth-order valence-electron chi connectivity index (χ4n) is 2.35. The molecule has 2 rings (SSSR count). The number of hydrogen-bond acceptors (Lipinski definition) is 6. The minimum absolute atomic E-state index is 0.0349. The van der Waals surface area contributed by atoms with Crippen molar-refractivity contribution in [2.24, 2.45) is 11.8 Å². The van der Waals surface area contributed by atoms with Crippen LogP contribution in [0.15, 0.2) is 18.5 Å². The molecule has 2 unspecified atom stereocenters. The second-order valence-electron chi connectivity index (χ2n) is 5.15. The van der Waals surface area contributed by atoms with E-state index < -0.39 is 4.92 Å². The highest BCUT2D eigenvalue weighted by Gasteiger charge is 2.26. The van der Waals surface area contributed by atoms with Crippen LogP contribution in [0.5, 0.6) is 5.88 Å². The van der Waals surface area contributed by atoms with Crippen molar-refractivity contribution in [1.82, 2.24) is 9.97 Å². The number of hydrogen-bond donors (Lipinski definition) is 1. The van der Waals surface area contributed by atoms with Crippen LogP contribution >= 0.6 is 0 Å². The average molecular weight is 292 g/mol. The van der Waals surface area contributed by atoms with Crippen molar-refractivity contribution in [3.05, 3.63) is 28.6 Å². The molecule has 1 aliphatic rings. The second kappa shape index (κ2) is 7.01. The Labute approximate surface area is 123 Å². The number of aromatic nitrogens is 2. The highest BCUT2D eigenvalue weighted by atomic mass is 16.6. The average Bonchev–Trinajstić information content (AvgIpc) is 2.46. The minimum atomic E-state index is -0.502. The predicted molar refractivity (Wildman–Crippen MR) is 79.4 cm³/mol. The van der Waals surface area contributed by atoms with Crippen LogP contribution < -0.4 is 10.1 Å². The monoisotopic (exact) mass is 292 g/mol. The molecule has 21 heavy (non-hydrogen) atoms. The molecular weight excluding hydrogens is 272 g/mol. The van der Waals surface area contributed by atoms with Crippen LogP contribution in [-0.4, -0.2) is 28.0 Å². The summed E-state index contributed by atoms with van der Waals surface area (Å²) < 4.78 is 5.63. The Morgan fingerprint density at radius 1 is 1.43 bits per heavy atom. The Morgan fingerprint density at radius 3 is 2.86 bits per heavy atom. The fraction of sp³-hybridized carbons (Fsp3) is 0.571. The zero-order chi connectivity index (χ0) is 15.2. The molecule has 1 aromatic rings. The summed E-state index contributed by atoms with van der Waals surface area (Å²) in [6.07, 6.45) is 7.53. The molecule has 0 aliphatic heterocycles. The quantitative estimate of drug-likeness (QED) is 0.492. The number of anilines is 1. The normalized spacial score (nSPS) is 21.0. The van der Waals surface area contributed by atoms with Crippen LogP contribution in [0, 0.1) is 22.0 Å². The van der Waals surface area contributed by atoms with Crippen molar-refractivity contribution < 1.29 is 9.66 Å². The molecule has 1 heterocycles. The summed E-state index contributed by atoms with van der Waals surface area (Å²) in [4.78, 5) is 18.5. The lowest BCUT2D eigenvalue weighted by Gasteiger charge is -2.24. The zero-order valence-electron chi connectivity index (χ0n) is 12.3. The van der Waals surface area contributed by atoms with Gasteiger partial charge in [0.15, 0.2) is 0 Å². The molecule has 0 saturated carbocycles. The van der Waals surface area contributed by atoms with Gasteiger partial charge < -0.3 is 10.1 Å². The van der Waals surface area contributed by atoms with Gasteiger partial charge in [0.1, 0.15) is 6.33 Å². The third kappa shape index (κ3) is 3.68. The van der Waals surface area contributed by atoms with E-state index in [-0.39, 0.29) is 17.4 Å². The molecule has 1 aliphatic carbocycles. The maximum absolute atomic E-state index is 11.2. The summed E-state index contributed by atoms with van der Waals surface area (Å²) in [7, 11) is 0. The third-order valence-corrected chi connectivity index (χ3v) is 3.67. The number of allylic oxidation sites excluding steroid dienone is 2. The van der Waals surface area contributed by atoms with Crippen LogP contribution in [0.4, 0.5) is 11.5 Å². The van der Waals surface area contributed by atoms with E-state index in [0.717, 1.165) is 12.8 Å². The van der Waals surface area contributed by atoms with E-state index in [2.05, 4.69) is 34.4 Å². The Morgan fingerprint density at radius 2 is 2.19 bits per heavy atom. The van der Waals surface area contributed by atoms with E-state index in [9.17, 15) is 10.1 Å². The summed E-state index contributed by atoms with van der Waals surface area (Å²) in [5.41, 5.74) is -0.196. The van der Waals surface area contributed by atoms with Gasteiger partial charge >= 0.3 is 5.69 Å². The number of ether oxygens (including phenoxy) is 1. The Kier molecular flexibility index (Phi) is 5.08. The van der Waals surface area contributed by atoms with E-state index in [1.54, 1.807) is 0 Å². The number of nitrogens with zero attached hydrogens (tertiary/aromatic N) is 3. The molecule has 0 spiro atoms. The first-order valence-corrected chi connectivity index (χ1v) is 7.14. The summed E-state index contributed by atoms with van der Waals surface area (Å²) in [6, 6.07) is 0. The second-order valence-corrected chi connectivity index (χ2v) is 5.15. The van der Waals surface area contributed by atoms with Crippen molar-refractivity contribution >= 4 is 11.5 Å².